The number of aromatic nitrogens is 2. The lowest BCUT2D eigenvalue weighted by Gasteiger charge is -2.12. The molecule has 138 valence electrons. The Kier molecular flexibility index (Phi) is 9.98. The Labute approximate surface area is 167 Å². The molecule has 0 radical (unpaired) electrons. The predicted molar refractivity (Wildman–Crippen MR) is 113 cm³/mol. The second kappa shape index (κ2) is 11.7. The third-order valence-electron chi connectivity index (χ3n) is 3.64. The maximum Gasteiger partial charge on any atom is 0.191 e. The van der Waals surface area contributed by atoms with Gasteiger partial charge in [0.2, 0.25) is 0 Å². The molecule has 0 unspecified atom stereocenters. The number of nitrogens with zero attached hydrogens (tertiary/aromatic N) is 3. The molecule has 2 rings (SSSR count). The minimum absolute atomic E-state index is 0. The molecule has 0 atom stereocenters. The molecule has 0 saturated carbocycles. The fourth-order valence-electron chi connectivity index (χ4n) is 2.38. The monoisotopic (exact) mass is 457 g/mol. The van der Waals surface area contributed by atoms with Gasteiger partial charge in [0.05, 0.1) is 20.0 Å². The first kappa shape index (κ1) is 21.3. The second-order valence-electron chi connectivity index (χ2n) is 5.59. The quantitative estimate of drug-likeness (QED) is 0.277. The summed E-state index contributed by atoms with van der Waals surface area (Å²) in [5, 5.41) is 6.64. The SMILES string of the molecule is CCNC(=NCc1ccc(C)cc1OC)NCCCn1ccnc1.I. The zero-order valence-electron chi connectivity index (χ0n) is 15.2. The van der Waals surface area contributed by atoms with Gasteiger partial charge in [0, 0.05) is 37.6 Å². The lowest BCUT2D eigenvalue weighted by atomic mass is 10.1. The van der Waals surface area contributed by atoms with Crippen LogP contribution in [0.25, 0.3) is 0 Å². The van der Waals surface area contributed by atoms with E-state index in [-0.39, 0.29) is 24.0 Å². The fourth-order valence-corrected chi connectivity index (χ4v) is 2.38. The Bertz CT molecular complexity index is 643. The molecule has 7 heteroatoms. The number of hydrogen-bond acceptors (Lipinski definition) is 3. The van der Waals surface area contributed by atoms with Crippen LogP contribution in [0.15, 0.2) is 41.9 Å². The van der Waals surface area contributed by atoms with Crippen LogP contribution in [0.5, 0.6) is 5.75 Å². The summed E-state index contributed by atoms with van der Waals surface area (Å²) in [7, 11) is 1.70. The number of benzene rings is 1. The molecule has 0 bridgehead atoms. The molecule has 0 aliphatic carbocycles. The van der Waals surface area contributed by atoms with Gasteiger partial charge in [-0.05, 0) is 31.9 Å². The van der Waals surface area contributed by atoms with Crippen LogP contribution in [0.3, 0.4) is 0 Å². The van der Waals surface area contributed by atoms with Crippen LogP contribution in [-0.2, 0) is 13.1 Å². The van der Waals surface area contributed by atoms with Crippen molar-refractivity contribution in [2.45, 2.75) is 33.4 Å². The topological polar surface area (TPSA) is 63.5 Å². The number of guanidine groups is 1. The molecular weight excluding hydrogens is 429 g/mol. The van der Waals surface area contributed by atoms with Crippen molar-refractivity contribution in [3.63, 3.8) is 0 Å². The van der Waals surface area contributed by atoms with Crippen molar-refractivity contribution in [1.29, 1.82) is 0 Å². The Morgan fingerprint density at radius 1 is 1.32 bits per heavy atom. The van der Waals surface area contributed by atoms with E-state index in [1.54, 1.807) is 13.3 Å². The molecule has 0 aliphatic heterocycles. The van der Waals surface area contributed by atoms with E-state index in [1.165, 1.54) is 5.56 Å². The molecule has 2 aromatic rings. The molecule has 1 aromatic carbocycles. The zero-order valence-corrected chi connectivity index (χ0v) is 17.5. The number of aryl methyl sites for hydroxylation is 2. The number of rotatable bonds is 8. The molecule has 0 aliphatic rings. The van der Waals surface area contributed by atoms with Crippen molar-refractivity contribution in [2.24, 2.45) is 4.99 Å². The Morgan fingerprint density at radius 2 is 2.16 bits per heavy atom. The number of hydrogen-bond donors (Lipinski definition) is 2. The number of aliphatic imine (C=N–C) groups is 1. The largest absolute Gasteiger partial charge is 0.496 e. The smallest absolute Gasteiger partial charge is 0.191 e. The first-order chi connectivity index (χ1) is 11.7. The lowest BCUT2D eigenvalue weighted by Crippen LogP contribution is -2.38. The minimum atomic E-state index is 0. The Hall–Kier alpha value is -1.77. The number of imidazole rings is 1. The van der Waals surface area contributed by atoms with E-state index in [1.807, 2.05) is 18.6 Å². The highest BCUT2D eigenvalue weighted by molar-refractivity contribution is 14.0. The van der Waals surface area contributed by atoms with Crippen LogP contribution in [-0.4, -0.2) is 35.7 Å². The summed E-state index contributed by atoms with van der Waals surface area (Å²) in [5.41, 5.74) is 2.27. The van der Waals surface area contributed by atoms with Gasteiger partial charge in [-0.3, -0.25) is 0 Å². The van der Waals surface area contributed by atoms with Crippen LogP contribution in [0, 0.1) is 6.92 Å². The average molecular weight is 457 g/mol. The number of ether oxygens (including phenoxy) is 1. The molecule has 0 saturated heterocycles. The van der Waals surface area contributed by atoms with Gasteiger partial charge in [-0.15, -0.1) is 24.0 Å². The van der Waals surface area contributed by atoms with E-state index in [4.69, 9.17) is 4.74 Å². The van der Waals surface area contributed by atoms with Gasteiger partial charge in [0.15, 0.2) is 5.96 Å². The molecule has 0 fully saturated rings. The standard InChI is InChI=1S/C18H27N5O.HI/c1-4-20-18(21-8-5-10-23-11-9-19-14-23)22-13-16-7-6-15(2)12-17(16)24-3;/h6-7,9,11-12,14H,4-5,8,10,13H2,1-3H3,(H2,20,21,22);1H. The summed E-state index contributed by atoms with van der Waals surface area (Å²) in [6.45, 7) is 7.34. The van der Waals surface area contributed by atoms with Gasteiger partial charge >= 0.3 is 0 Å². The van der Waals surface area contributed by atoms with Crippen molar-refractivity contribution in [3.05, 3.63) is 48.0 Å². The van der Waals surface area contributed by atoms with Crippen molar-refractivity contribution in [1.82, 2.24) is 20.2 Å². The van der Waals surface area contributed by atoms with Crippen molar-refractivity contribution in [2.75, 3.05) is 20.2 Å². The Morgan fingerprint density at radius 3 is 2.84 bits per heavy atom. The molecule has 2 N–H and O–H groups in total. The first-order valence-corrected chi connectivity index (χ1v) is 8.34. The van der Waals surface area contributed by atoms with Crippen LogP contribution < -0.4 is 15.4 Å². The van der Waals surface area contributed by atoms with E-state index in [0.29, 0.717) is 6.54 Å². The molecule has 0 spiro atoms. The van der Waals surface area contributed by atoms with Gasteiger partial charge in [-0.25, -0.2) is 9.98 Å². The molecule has 1 aromatic heterocycles. The van der Waals surface area contributed by atoms with Crippen molar-refractivity contribution < 1.29 is 4.74 Å². The summed E-state index contributed by atoms with van der Waals surface area (Å²) in [6, 6.07) is 6.19. The van der Waals surface area contributed by atoms with Crippen molar-refractivity contribution in [3.8, 4) is 5.75 Å². The van der Waals surface area contributed by atoms with Gasteiger partial charge < -0.3 is 19.9 Å². The van der Waals surface area contributed by atoms with Crippen LogP contribution in [0.4, 0.5) is 0 Å². The third-order valence-corrected chi connectivity index (χ3v) is 3.64. The van der Waals surface area contributed by atoms with Gasteiger partial charge in [-0.2, -0.15) is 0 Å². The number of halogens is 1. The molecule has 25 heavy (non-hydrogen) atoms. The van der Waals surface area contributed by atoms with Crippen LogP contribution in [0.2, 0.25) is 0 Å². The van der Waals surface area contributed by atoms with Crippen LogP contribution >= 0.6 is 24.0 Å². The summed E-state index contributed by atoms with van der Waals surface area (Å²) >= 11 is 0. The number of nitrogens with one attached hydrogen (secondary N) is 2. The molecule has 0 amide bonds. The van der Waals surface area contributed by atoms with E-state index in [0.717, 1.165) is 43.3 Å². The maximum atomic E-state index is 5.44. The van der Waals surface area contributed by atoms with Gasteiger partial charge in [0.1, 0.15) is 5.75 Å². The summed E-state index contributed by atoms with van der Waals surface area (Å²) in [4.78, 5) is 8.70. The van der Waals surface area contributed by atoms with E-state index < -0.39 is 0 Å². The molecular formula is C18H28IN5O. The van der Waals surface area contributed by atoms with E-state index >= 15 is 0 Å². The average Bonchev–Trinajstić information content (AvgIpc) is 3.10. The van der Waals surface area contributed by atoms with Gasteiger partial charge in [-0.1, -0.05) is 12.1 Å². The summed E-state index contributed by atoms with van der Waals surface area (Å²) < 4.78 is 7.51. The third kappa shape index (κ3) is 7.33. The highest BCUT2D eigenvalue weighted by Gasteiger charge is 2.03. The Balaban J connectivity index is 0.00000312. The highest BCUT2D eigenvalue weighted by Crippen LogP contribution is 2.20. The lowest BCUT2D eigenvalue weighted by molar-refractivity contribution is 0.409. The highest BCUT2D eigenvalue weighted by atomic mass is 127. The fraction of sp³-hybridized carbons (Fsp3) is 0.444. The van der Waals surface area contributed by atoms with E-state index in [2.05, 4.69) is 51.2 Å². The summed E-state index contributed by atoms with van der Waals surface area (Å²) in [6.07, 6.45) is 6.62. The van der Waals surface area contributed by atoms with Gasteiger partial charge in [0.25, 0.3) is 0 Å². The summed E-state index contributed by atoms with van der Waals surface area (Å²) in [5.74, 6) is 1.71. The maximum absolute atomic E-state index is 5.44. The van der Waals surface area contributed by atoms with Crippen LogP contribution in [0.1, 0.15) is 24.5 Å². The van der Waals surface area contributed by atoms with Crippen molar-refractivity contribution >= 4 is 29.9 Å². The first-order valence-electron chi connectivity index (χ1n) is 8.34. The number of methoxy groups -OCH3 is 1. The minimum Gasteiger partial charge on any atom is -0.496 e. The zero-order chi connectivity index (χ0) is 17.2. The molecule has 1 heterocycles. The second-order valence-corrected chi connectivity index (χ2v) is 5.59. The predicted octanol–water partition coefficient (Wildman–Crippen LogP) is 2.96. The van der Waals surface area contributed by atoms with E-state index in [9.17, 15) is 0 Å². The normalized spacial score (nSPS) is 10.9. The molecule has 6 nitrogen and oxygen atoms in total.